The number of thiazole rings is 1. The van der Waals surface area contributed by atoms with Crippen molar-refractivity contribution in [1.29, 1.82) is 0 Å². The van der Waals surface area contributed by atoms with Gasteiger partial charge < -0.3 is 4.52 Å². The Balaban J connectivity index is 1.78. The average Bonchev–Trinajstić information content (AvgIpc) is 3.20. The van der Waals surface area contributed by atoms with Gasteiger partial charge in [0.1, 0.15) is 11.3 Å². The molecule has 0 aliphatic carbocycles. The molecule has 0 atom stereocenters. The zero-order valence-corrected chi connectivity index (χ0v) is 16.5. The second-order valence-electron chi connectivity index (χ2n) is 7.23. The Morgan fingerprint density at radius 2 is 1.92 bits per heavy atom. The average molecular weight is 369 g/mol. The van der Waals surface area contributed by atoms with Gasteiger partial charge in [-0.1, -0.05) is 57.1 Å². The fraction of sp³-hybridized carbons (Fsp3) is 0.350. The molecule has 0 bridgehead atoms. The molecule has 26 heavy (non-hydrogen) atoms. The SMILES string of the molecule is CCc1noc(C)c1C(=O)Nc1nc(-c2ccc(C(C)(C)C)cc2)cs1. The topological polar surface area (TPSA) is 68.0 Å². The number of aryl methyl sites for hydroxylation is 2. The maximum absolute atomic E-state index is 12.5. The van der Waals surface area contributed by atoms with Gasteiger partial charge in [-0.05, 0) is 24.3 Å². The number of hydrogen-bond acceptors (Lipinski definition) is 5. The first-order valence-electron chi connectivity index (χ1n) is 8.62. The lowest BCUT2D eigenvalue weighted by Gasteiger charge is -2.18. The van der Waals surface area contributed by atoms with Crippen LogP contribution in [0.25, 0.3) is 11.3 Å². The molecule has 3 aromatic rings. The van der Waals surface area contributed by atoms with E-state index in [4.69, 9.17) is 4.52 Å². The van der Waals surface area contributed by atoms with Gasteiger partial charge in [-0.3, -0.25) is 10.1 Å². The zero-order valence-electron chi connectivity index (χ0n) is 15.7. The fourth-order valence-electron chi connectivity index (χ4n) is 2.71. The number of carbonyl (C=O) groups is 1. The third kappa shape index (κ3) is 3.70. The summed E-state index contributed by atoms with van der Waals surface area (Å²) < 4.78 is 5.13. The molecule has 2 aromatic heterocycles. The Kier molecular flexibility index (Phi) is 4.96. The van der Waals surface area contributed by atoms with Crippen LogP contribution in [-0.4, -0.2) is 16.0 Å². The Bertz CT molecular complexity index is 917. The van der Waals surface area contributed by atoms with Crippen molar-refractivity contribution >= 4 is 22.4 Å². The van der Waals surface area contributed by atoms with Crippen molar-refractivity contribution < 1.29 is 9.32 Å². The summed E-state index contributed by atoms with van der Waals surface area (Å²) in [6.07, 6.45) is 0.642. The summed E-state index contributed by atoms with van der Waals surface area (Å²) in [6, 6.07) is 8.39. The van der Waals surface area contributed by atoms with Crippen LogP contribution < -0.4 is 5.32 Å². The minimum Gasteiger partial charge on any atom is -0.361 e. The van der Waals surface area contributed by atoms with Crippen molar-refractivity contribution in [2.24, 2.45) is 0 Å². The molecule has 0 spiro atoms. The molecule has 1 aromatic carbocycles. The number of hydrogen-bond donors (Lipinski definition) is 1. The molecular formula is C20H23N3O2S. The van der Waals surface area contributed by atoms with Gasteiger partial charge in [-0.15, -0.1) is 11.3 Å². The molecule has 1 N–H and O–H groups in total. The van der Waals surface area contributed by atoms with E-state index in [2.05, 4.69) is 60.5 Å². The van der Waals surface area contributed by atoms with Crippen molar-refractivity contribution in [1.82, 2.24) is 10.1 Å². The molecule has 0 fully saturated rings. The van der Waals surface area contributed by atoms with Crippen LogP contribution in [0, 0.1) is 6.92 Å². The van der Waals surface area contributed by atoms with Gasteiger partial charge >= 0.3 is 0 Å². The lowest BCUT2D eigenvalue weighted by molar-refractivity contribution is 0.102. The highest BCUT2D eigenvalue weighted by molar-refractivity contribution is 7.14. The standard InChI is InChI=1S/C20H23N3O2S/c1-6-15-17(12(2)25-23-15)18(24)22-19-21-16(11-26-19)13-7-9-14(10-8-13)20(3,4)5/h7-11H,6H2,1-5H3,(H,21,22,24). The van der Waals surface area contributed by atoms with Crippen LogP contribution in [0.2, 0.25) is 0 Å². The molecule has 2 heterocycles. The van der Waals surface area contributed by atoms with Crippen molar-refractivity contribution in [3.63, 3.8) is 0 Å². The number of amides is 1. The van der Waals surface area contributed by atoms with E-state index >= 15 is 0 Å². The normalized spacial score (nSPS) is 11.6. The highest BCUT2D eigenvalue weighted by Gasteiger charge is 2.20. The van der Waals surface area contributed by atoms with Gasteiger partial charge in [0, 0.05) is 10.9 Å². The van der Waals surface area contributed by atoms with Crippen molar-refractivity contribution in [2.45, 2.75) is 46.5 Å². The van der Waals surface area contributed by atoms with E-state index in [1.807, 2.05) is 12.3 Å². The van der Waals surface area contributed by atoms with Gasteiger partial charge in [0.2, 0.25) is 0 Å². The lowest BCUT2D eigenvalue weighted by atomic mass is 9.86. The number of rotatable bonds is 4. The largest absolute Gasteiger partial charge is 0.361 e. The summed E-state index contributed by atoms with van der Waals surface area (Å²) in [6.45, 7) is 10.3. The summed E-state index contributed by atoms with van der Waals surface area (Å²) in [4.78, 5) is 17.1. The number of nitrogens with one attached hydrogen (secondary N) is 1. The van der Waals surface area contributed by atoms with Crippen molar-refractivity contribution in [3.8, 4) is 11.3 Å². The van der Waals surface area contributed by atoms with E-state index in [0.717, 1.165) is 11.3 Å². The number of anilines is 1. The van der Waals surface area contributed by atoms with Gasteiger partial charge in [0.25, 0.3) is 5.91 Å². The molecule has 0 unspecified atom stereocenters. The minimum atomic E-state index is -0.232. The highest BCUT2D eigenvalue weighted by Crippen LogP contribution is 2.29. The molecule has 136 valence electrons. The summed E-state index contributed by atoms with van der Waals surface area (Å²) in [5.41, 5.74) is 4.44. The van der Waals surface area contributed by atoms with E-state index in [0.29, 0.717) is 28.6 Å². The molecule has 3 rings (SSSR count). The van der Waals surface area contributed by atoms with Crippen LogP contribution in [0.15, 0.2) is 34.2 Å². The van der Waals surface area contributed by atoms with E-state index in [1.165, 1.54) is 16.9 Å². The number of carbonyl (C=O) groups excluding carboxylic acids is 1. The van der Waals surface area contributed by atoms with E-state index in [1.54, 1.807) is 6.92 Å². The number of nitrogens with zero attached hydrogens (tertiary/aromatic N) is 2. The highest BCUT2D eigenvalue weighted by atomic mass is 32.1. The van der Waals surface area contributed by atoms with Gasteiger partial charge in [-0.2, -0.15) is 0 Å². The second kappa shape index (κ2) is 7.03. The van der Waals surface area contributed by atoms with Crippen LogP contribution in [0.3, 0.4) is 0 Å². The van der Waals surface area contributed by atoms with Gasteiger partial charge in [-0.25, -0.2) is 4.98 Å². The van der Waals surface area contributed by atoms with Crippen LogP contribution in [0.1, 0.15) is 55.1 Å². The molecule has 0 saturated heterocycles. The predicted octanol–water partition coefficient (Wildman–Crippen LogP) is 5.22. The maximum atomic E-state index is 12.5. The van der Waals surface area contributed by atoms with E-state index < -0.39 is 0 Å². The predicted molar refractivity (Wildman–Crippen MR) is 105 cm³/mol. The smallest absolute Gasteiger partial charge is 0.262 e. The van der Waals surface area contributed by atoms with E-state index in [-0.39, 0.29) is 11.3 Å². The molecule has 0 aliphatic rings. The fourth-order valence-corrected chi connectivity index (χ4v) is 3.43. The summed E-state index contributed by atoms with van der Waals surface area (Å²) in [5, 5.41) is 9.29. The minimum absolute atomic E-state index is 0.118. The molecule has 5 nitrogen and oxygen atoms in total. The third-order valence-corrected chi connectivity index (χ3v) is 5.02. The Hall–Kier alpha value is -2.47. The third-order valence-electron chi connectivity index (χ3n) is 4.27. The van der Waals surface area contributed by atoms with Crippen LogP contribution in [0.5, 0.6) is 0 Å². The van der Waals surface area contributed by atoms with Crippen molar-refractivity contribution in [3.05, 3.63) is 52.2 Å². The number of aromatic nitrogens is 2. The second-order valence-corrected chi connectivity index (χ2v) is 8.09. The maximum Gasteiger partial charge on any atom is 0.262 e. The van der Waals surface area contributed by atoms with Gasteiger partial charge in [0.05, 0.1) is 11.4 Å². The molecule has 0 aliphatic heterocycles. The van der Waals surface area contributed by atoms with Crippen LogP contribution in [0.4, 0.5) is 5.13 Å². The molecule has 6 heteroatoms. The molecule has 0 radical (unpaired) electrons. The van der Waals surface area contributed by atoms with Crippen molar-refractivity contribution in [2.75, 3.05) is 5.32 Å². The van der Waals surface area contributed by atoms with Crippen LogP contribution in [-0.2, 0) is 11.8 Å². The zero-order chi connectivity index (χ0) is 18.9. The molecule has 1 amide bonds. The first-order chi connectivity index (χ1) is 12.3. The van der Waals surface area contributed by atoms with E-state index in [9.17, 15) is 4.79 Å². The Morgan fingerprint density at radius 3 is 2.54 bits per heavy atom. The summed E-state index contributed by atoms with van der Waals surface area (Å²) in [7, 11) is 0. The van der Waals surface area contributed by atoms with Gasteiger partial charge in [0.15, 0.2) is 5.13 Å². The molecule has 0 saturated carbocycles. The monoisotopic (exact) mass is 369 g/mol. The first kappa shape index (κ1) is 18.3. The summed E-state index contributed by atoms with van der Waals surface area (Å²) >= 11 is 1.40. The lowest BCUT2D eigenvalue weighted by Crippen LogP contribution is -2.14. The number of benzene rings is 1. The quantitative estimate of drug-likeness (QED) is 0.685. The Morgan fingerprint density at radius 1 is 1.23 bits per heavy atom. The summed E-state index contributed by atoms with van der Waals surface area (Å²) in [5.74, 6) is 0.290. The Labute approximate surface area is 157 Å². The molecular weight excluding hydrogens is 346 g/mol. The van der Waals surface area contributed by atoms with Crippen LogP contribution >= 0.6 is 11.3 Å². The first-order valence-corrected chi connectivity index (χ1v) is 9.50.